The minimum atomic E-state index is -0.645. The molecule has 2 aromatic carbocycles. The van der Waals surface area contributed by atoms with Gasteiger partial charge in [-0.1, -0.05) is 54.1 Å². The Labute approximate surface area is 172 Å². The molecule has 1 aliphatic heterocycles. The molecule has 0 unspecified atom stereocenters. The van der Waals surface area contributed by atoms with Gasteiger partial charge in [-0.2, -0.15) is 0 Å². The fourth-order valence-electron chi connectivity index (χ4n) is 4.84. The van der Waals surface area contributed by atoms with Gasteiger partial charge in [0.1, 0.15) is 11.3 Å². The van der Waals surface area contributed by atoms with Gasteiger partial charge in [-0.05, 0) is 56.2 Å². The molecular weight excluding hydrogens is 362 g/mol. The van der Waals surface area contributed by atoms with Crippen LogP contribution in [0.3, 0.4) is 0 Å². The third-order valence-corrected chi connectivity index (χ3v) is 6.59. The van der Waals surface area contributed by atoms with Crippen molar-refractivity contribution in [1.29, 1.82) is 0 Å². The fraction of sp³-hybridized carbons (Fsp3) is 0.400. The van der Waals surface area contributed by atoms with Gasteiger partial charge in [0.2, 0.25) is 0 Å². The molecule has 4 heteroatoms. The molecule has 1 N–H and O–H groups in total. The summed E-state index contributed by atoms with van der Waals surface area (Å²) in [4.78, 5) is 15.6. The molecule has 4 rings (SSSR count). The molecule has 29 heavy (non-hydrogen) atoms. The normalized spacial score (nSPS) is 24.6. The van der Waals surface area contributed by atoms with Crippen molar-refractivity contribution in [2.45, 2.75) is 57.7 Å². The number of hydrogen-bond acceptors (Lipinski definition) is 3. The van der Waals surface area contributed by atoms with Crippen LogP contribution < -0.4 is 0 Å². The highest BCUT2D eigenvalue weighted by Crippen LogP contribution is 2.48. The van der Waals surface area contributed by atoms with E-state index in [9.17, 15) is 9.90 Å². The number of aryl methyl sites for hydroxylation is 2. The maximum Gasteiger partial charge on any atom is 0.259 e. The molecule has 2 aliphatic rings. The van der Waals surface area contributed by atoms with Crippen LogP contribution in [0.25, 0.3) is 5.57 Å². The van der Waals surface area contributed by atoms with E-state index in [1.807, 2.05) is 67.3 Å². The molecule has 0 saturated heterocycles. The first-order valence-electron chi connectivity index (χ1n) is 10.4. The molecule has 1 saturated carbocycles. The summed E-state index contributed by atoms with van der Waals surface area (Å²) in [6.45, 7) is 4.51. The quantitative estimate of drug-likeness (QED) is 0.803. The molecule has 152 valence electrons. The van der Waals surface area contributed by atoms with Crippen LogP contribution in [0.4, 0.5) is 0 Å². The van der Waals surface area contributed by atoms with Crippen LogP contribution in [0.1, 0.15) is 47.9 Å². The van der Waals surface area contributed by atoms with Crippen molar-refractivity contribution >= 4 is 11.5 Å². The second-order valence-electron chi connectivity index (χ2n) is 8.39. The standard InChI is InChI=1S/C25H29NO3/c1-17-9-10-18(2)21(15-17)22-23(27)25(13-11-20(29-3)12-14-25)26(24(22)28)16-19-7-5-4-6-8-19/h4-10,15,20,27H,11-14,16H2,1-3H3. The first-order chi connectivity index (χ1) is 14.0. The van der Waals surface area contributed by atoms with Crippen molar-refractivity contribution < 1.29 is 14.6 Å². The third-order valence-electron chi connectivity index (χ3n) is 6.59. The number of aliphatic hydroxyl groups is 1. The number of rotatable bonds is 4. The maximum absolute atomic E-state index is 13.7. The summed E-state index contributed by atoms with van der Waals surface area (Å²) in [5, 5.41) is 11.5. The summed E-state index contributed by atoms with van der Waals surface area (Å²) in [7, 11) is 1.74. The van der Waals surface area contributed by atoms with E-state index < -0.39 is 5.54 Å². The molecule has 2 aromatic rings. The second kappa shape index (κ2) is 7.68. The predicted molar refractivity (Wildman–Crippen MR) is 114 cm³/mol. The largest absolute Gasteiger partial charge is 0.509 e. The zero-order chi connectivity index (χ0) is 20.6. The molecule has 4 nitrogen and oxygen atoms in total. The van der Waals surface area contributed by atoms with E-state index in [4.69, 9.17) is 4.74 Å². The van der Waals surface area contributed by atoms with Crippen LogP contribution in [0.5, 0.6) is 0 Å². The number of carbonyl (C=O) groups is 1. The molecule has 1 spiro atoms. The monoisotopic (exact) mass is 391 g/mol. The number of benzene rings is 2. The van der Waals surface area contributed by atoms with Crippen LogP contribution in [0, 0.1) is 13.8 Å². The van der Waals surface area contributed by atoms with Crippen LogP contribution >= 0.6 is 0 Å². The van der Waals surface area contributed by atoms with Gasteiger partial charge in [-0.25, -0.2) is 0 Å². The van der Waals surface area contributed by atoms with Crippen molar-refractivity contribution in [3.05, 3.63) is 76.5 Å². The predicted octanol–water partition coefficient (Wildman–Crippen LogP) is 4.94. The van der Waals surface area contributed by atoms with E-state index in [1.165, 1.54) is 0 Å². The van der Waals surface area contributed by atoms with Gasteiger partial charge in [0, 0.05) is 13.7 Å². The first-order valence-corrected chi connectivity index (χ1v) is 10.4. The Hall–Kier alpha value is -2.59. The molecule has 1 aliphatic carbocycles. The molecule has 0 radical (unpaired) electrons. The van der Waals surface area contributed by atoms with E-state index in [0.717, 1.165) is 35.1 Å². The average Bonchev–Trinajstić information content (AvgIpc) is 2.93. The fourth-order valence-corrected chi connectivity index (χ4v) is 4.84. The summed E-state index contributed by atoms with van der Waals surface area (Å²) in [5.41, 5.74) is 3.83. The zero-order valence-electron chi connectivity index (χ0n) is 17.4. The first kappa shape index (κ1) is 19.7. The van der Waals surface area contributed by atoms with Gasteiger partial charge in [0.25, 0.3) is 5.91 Å². The topological polar surface area (TPSA) is 49.8 Å². The van der Waals surface area contributed by atoms with Gasteiger partial charge < -0.3 is 14.7 Å². The number of methoxy groups -OCH3 is 1. The number of ether oxygens (including phenoxy) is 1. The lowest BCUT2D eigenvalue weighted by Gasteiger charge is -2.43. The summed E-state index contributed by atoms with van der Waals surface area (Å²) in [5.74, 6) is 0.164. The lowest BCUT2D eigenvalue weighted by molar-refractivity contribution is -0.131. The van der Waals surface area contributed by atoms with Crippen LogP contribution in [-0.4, -0.2) is 34.7 Å². The van der Waals surface area contributed by atoms with Crippen LogP contribution in [0.2, 0.25) is 0 Å². The summed E-state index contributed by atoms with van der Waals surface area (Å²) in [6, 6.07) is 16.1. The number of carbonyl (C=O) groups excluding carboxylic acids is 1. The lowest BCUT2D eigenvalue weighted by atomic mass is 9.78. The van der Waals surface area contributed by atoms with Crippen molar-refractivity contribution in [2.24, 2.45) is 0 Å². The summed E-state index contributed by atoms with van der Waals surface area (Å²) < 4.78 is 5.55. The lowest BCUT2D eigenvalue weighted by Crippen LogP contribution is -2.51. The Bertz CT molecular complexity index is 940. The highest BCUT2D eigenvalue weighted by molar-refractivity contribution is 6.23. The molecular formula is C25H29NO3. The summed E-state index contributed by atoms with van der Waals surface area (Å²) in [6.07, 6.45) is 3.28. The Morgan fingerprint density at radius 1 is 1.10 bits per heavy atom. The molecule has 0 aromatic heterocycles. The Kier molecular flexibility index (Phi) is 5.22. The Morgan fingerprint density at radius 2 is 1.79 bits per heavy atom. The van der Waals surface area contributed by atoms with Crippen molar-refractivity contribution in [1.82, 2.24) is 4.90 Å². The summed E-state index contributed by atoms with van der Waals surface area (Å²) >= 11 is 0. The zero-order valence-corrected chi connectivity index (χ0v) is 17.4. The smallest absolute Gasteiger partial charge is 0.259 e. The van der Waals surface area contributed by atoms with Gasteiger partial charge >= 0.3 is 0 Å². The molecule has 1 heterocycles. The van der Waals surface area contributed by atoms with Crippen LogP contribution in [0.15, 0.2) is 54.3 Å². The van der Waals surface area contributed by atoms with Gasteiger partial charge in [-0.15, -0.1) is 0 Å². The average molecular weight is 392 g/mol. The molecule has 0 bridgehead atoms. The van der Waals surface area contributed by atoms with Gasteiger partial charge in [0.05, 0.1) is 11.7 Å². The minimum absolute atomic E-state index is 0.0732. The molecule has 1 fully saturated rings. The molecule has 0 atom stereocenters. The van der Waals surface area contributed by atoms with E-state index in [2.05, 4.69) is 0 Å². The van der Waals surface area contributed by atoms with E-state index in [-0.39, 0.29) is 17.8 Å². The number of aliphatic hydroxyl groups excluding tert-OH is 1. The van der Waals surface area contributed by atoms with Crippen molar-refractivity contribution in [3.63, 3.8) is 0 Å². The van der Waals surface area contributed by atoms with Gasteiger partial charge in [0.15, 0.2) is 0 Å². The highest BCUT2D eigenvalue weighted by Gasteiger charge is 2.53. The van der Waals surface area contributed by atoms with E-state index in [0.29, 0.717) is 25.0 Å². The van der Waals surface area contributed by atoms with E-state index >= 15 is 0 Å². The Balaban J connectivity index is 1.80. The van der Waals surface area contributed by atoms with E-state index in [1.54, 1.807) is 7.11 Å². The number of amides is 1. The van der Waals surface area contributed by atoms with Crippen molar-refractivity contribution in [2.75, 3.05) is 7.11 Å². The number of nitrogens with zero attached hydrogens (tertiary/aromatic N) is 1. The Morgan fingerprint density at radius 3 is 2.45 bits per heavy atom. The van der Waals surface area contributed by atoms with Gasteiger partial charge in [-0.3, -0.25) is 4.79 Å². The second-order valence-corrected chi connectivity index (χ2v) is 8.39. The SMILES string of the molecule is COC1CCC2(CC1)C(O)=C(c1cc(C)ccc1C)C(=O)N2Cc1ccccc1. The minimum Gasteiger partial charge on any atom is -0.509 e. The number of hydrogen-bond donors (Lipinski definition) is 1. The highest BCUT2D eigenvalue weighted by atomic mass is 16.5. The third kappa shape index (κ3) is 3.36. The van der Waals surface area contributed by atoms with Crippen LogP contribution in [-0.2, 0) is 16.1 Å². The maximum atomic E-state index is 13.7. The molecule has 1 amide bonds. The van der Waals surface area contributed by atoms with Crippen molar-refractivity contribution in [3.8, 4) is 0 Å².